The Morgan fingerprint density at radius 2 is 2.33 bits per heavy atom. The highest BCUT2D eigenvalue weighted by atomic mass is 32.1. The summed E-state index contributed by atoms with van der Waals surface area (Å²) >= 11 is 1.51. The average Bonchev–Trinajstić information content (AvgIpc) is 3.17. The van der Waals surface area contributed by atoms with Gasteiger partial charge < -0.3 is 10.1 Å². The van der Waals surface area contributed by atoms with Gasteiger partial charge in [0.15, 0.2) is 0 Å². The summed E-state index contributed by atoms with van der Waals surface area (Å²) in [5.41, 5.74) is 3.51. The lowest BCUT2D eigenvalue weighted by Gasteiger charge is -2.11. The number of hydrogen-bond acceptors (Lipinski definition) is 6. The van der Waals surface area contributed by atoms with Crippen LogP contribution < -0.4 is 10.1 Å². The normalized spacial score (nSPS) is 14.1. The topological polar surface area (TPSA) is 77.3 Å². The van der Waals surface area contributed by atoms with Gasteiger partial charge in [0, 0.05) is 35.7 Å². The zero-order chi connectivity index (χ0) is 14.7. The molecular weight excluding hydrogens is 290 g/mol. The molecule has 1 fully saturated rings. The Bertz CT molecular complexity index is 626. The number of ether oxygens (including phenoxy) is 1. The highest BCUT2D eigenvalue weighted by molar-refractivity contribution is 7.07. The summed E-state index contributed by atoms with van der Waals surface area (Å²) in [5.74, 6) is 0.668. The lowest BCUT2D eigenvalue weighted by molar-refractivity contribution is -0.384. The smallest absolute Gasteiger partial charge is 0.270 e. The van der Waals surface area contributed by atoms with E-state index in [4.69, 9.17) is 4.74 Å². The first-order valence-electron chi connectivity index (χ1n) is 6.73. The number of nitrogens with zero attached hydrogens (tertiary/aromatic N) is 2. The van der Waals surface area contributed by atoms with Crippen molar-refractivity contribution in [3.8, 4) is 5.75 Å². The number of hydrogen-bond donors (Lipinski definition) is 1. The number of thiazole rings is 1. The quantitative estimate of drug-likeness (QED) is 0.628. The van der Waals surface area contributed by atoms with E-state index in [2.05, 4.69) is 10.3 Å². The molecule has 2 aromatic rings. The van der Waals surface area contributed by atoms with Crippen molar-refractivity contribution in [2.75, 3.05) is 0 Å². The predicted molar refractivity (Wildman–Crippen MR) is 79.4 cm³/mol. The second kappa shape index (κ2) is 6.19. The van der Waals surface area contributed by atoms with Gasteiger partial charge in [-0.2, -0.15) is 0 Å². The molecule has 7 heteroatoms. The van der Waals surface area contributed by atoms with Crippen molar-refractivity contribution in [3.63, 3.8) is 0 Å². The molecule has 1 saturated carbocycles. The minimum atomic E-state index is -0.384. The molecule has 1 aromatic heterocycles. The molecule has 1 aliphatic carbocycles. The highest BCUT2D eigenvalue weighted by Gasteiger charge is 2.21. The molecule has 3 rings (SSSR count). The van der Waals surface area contributed by atoms with Crippen LogP contribution in [-0.4, -0.2) is 15.9 Å². The van der Waals surface area contributed by atoms with Gasteiger partial charge in [-0.25, -0.2) is 4.98 Å². The minimum absolute atomic E-state index is 0.0867. The molecule has 21 heavy (non-hydrogen) atoms. The molecule has 0 atom stereocenters. The van der Waals surface area contributed by atoms with E-state index in [0.717, 1.165) is 11.3 Å². The maximum Gasteiger partial charge on any atom is 0.270 e. The van der Waals surface area contributed by atoms with Gasteiger partial charge in [0.1, 0.15) is 12.4 Å². The second-order valence-corrected chi connectivity index (χ2v) is 5.69. The molecule has 1 aliphatic rings. The Kier molecular flexibility index (Phi) is 4.12. The zero-order valence-corrected chi connectivity index (χ0v) is 12.1. The Balaban J connectivity index is 1.73. The summed E-state index contributed by atoms with van der Waals surface area (Å²) in [6.45, 7) is 0.955. The molecule has 0 radical (unpaired) electrons. The molecular formula is C14H15N3O3S. The van der Waals surface area contributed by atoms with Crippen LogP contribution in [0, 0.1) is 10.1 Å². The Morgan fingerprint density at radius 3 is 3.00 bits per heavy atom. The van der Waals surface area contributed by atoms with Gasteiger partial charge in [0.25, 0.3) is 5.69 Å². The third-order valence-corrected chi connectivity index (χ3v) is 3.91. The Morgan fingerprint density at radius 1 is 1.48 bits per heavy atom. The van der Waals surface area contributed by atoms with Gasteiger partial charge in [0.2, 0.25) is 0 Å². The summed E-state index contributed by atoms with van der Waals surface area (Å²) in [6, 6.07) is 5.24. The summed E-state index contributed by atoms with van der Waals surface area (Å²) in [6.07, 6.45) is 2.34. The first kappa shape index (κ1) is 14.0. The van der Waals surface area contributed by atoms with Crippen molar-refractivity contribution in [1.82, 2.24) is 10.3 Å². The second-order valence-electron chi connectivity index (χ2n) is 4.97. The van der Waals surface area contributed by atoms with Crippen molar-refractivity contribution >= 4 is 17.0 Å². The van der Waals surface area contributed by atoms with Crippen molar-refractivity contribution < 1.29 is 9.66 Å². The molecule has 1 aromatic carbocycles. The molecule has 0 bridgehead atoms. The largest absolute Gasteiger partial charge is 0.487 e. The molecule has 1 N–H and O–H groups in total. The average molecular weight is 305 g/mol. The molecule has 0 unspecified atom stereocenters. The summed E-state index contributed by atoms with van der Waals surface area (Å²) in [5, 5.41) is 16.2. The van der Waals surface area contributed by atoms with Gasteiger partial charge in [-0.1, -0.05) is 0 Å². The number of nitro groups is 1. The third-order valence-electron chi connectivity index (χ3n) is 3.27. The SMILES string of the molecule is O=[N+]([O-])c1ccc(OCc2cscn2)c(CNC2CC2)c1. The van der Waals surface area contributed by atoms with E-state index in [1.807, 2.05) is 5.38 Å². The molecule has 110 valence electrons. The van der Waals surface area contributed by atoms with Crippen LogP contribution in [0.5, 0.6) is 5.75 Å². The number of benzene rings is 1. The lowest BCUT2D eigenvalue weighted by atomic mass is 10.1. The number of non-ortho nitro benzene ring substituents is 1. The highest BCUT2D eigenvalue weighted by Crippen LogP contribution is 2.27. The molecule has 0 aliphatic heterocycles. The van der Waals surface area contributed by atoms with Crippen LogP contribution in [-0.2, 0) is 13.2 Å². The van der Waals surface area contributed by atoms with E-state index < -0.39 is 0 Å². The van der Waals surface area contributed by atoms with E-state index in [1.165, 1.54) is 30.2 Å². The first-order chi connectivity index (χ1) is 10.2. The summed E-state index contributed by atoms with van der Waals surface area (Å²) < 4.78 is 5.75. The molecule has 0 amide bonds. The first-order valence-corrected chi connectivity index (χ1v) is 7.67. The van der Waals surface area contributed by atoms with Crippen LogP contribution in [0.15, 0.2) is 29.1 Å². The predicted octanol–water partition coefficient (Wildman–Crippen LogP) is 2.88. The van der Waals surface area contributed by atoms with Crippen LogP contribution in [0.4, 0.5) is 5.69 Å². The van der Waals surface area contributed by atoms with Crippen LogP contribution >= 0.6 is 11.3 Å². The monoisotopic (exact) mass is 305 g/mol. The lowest BCUT2D eigenvalue weighted by Crippen LogP contribution is -2.16. The third kappa shape index (κ3) is 3.77. The van der Waals surface area contributed by atoms with Crippen molar-refractivity contribution in [2.45, 2.75) is 32.0 Å². The standard InChI is InChI=1S/C14H15N3O3S/c18-17(19)13-3-4-14(20-7-12-8-21-9-16-12)10(5-13)6-15-11-1-2-11/h3-5,8-9,11,15H,1-2,6-7H2. The van der Waals surface area contributed by atoms with E-state index >= 15 is 0 Å². The summed E-state index contributed by atoms with van der Waals surface area (Å²) in [4.78, 5) is 14.7. The van der Waals surface area contributed by atoms with Gasteiger partial charge in [-0.05, 0) is 18.9 Å². The van der Waals surface area contributed by atoms with Gasteiger partial charge in [-0.15, -0.1) is 11.3 Å². The maximum absolute atomic E-state index is 10.9. The van der Waals surface area contributed by atoms with E-state index in [0.29, 0.717) is 24.9 Å². The fraction of sp³-hybridized carbons (Fsp3) is 0.357. The van der Waals surface area contributed by atoms with Crippen molar-refractivity contribution in [2.24, 2.45) is 0 Å². The van der Waals surface area contributed by atoms with E-state index in [9.17, 15) is 10.1 Å². The van der Waals surface area contributed by atoms with Gasteiger partial charge in [-0.3, -0.25) is 10.1 Å². The van der Waals surface area contributed by atoms with Crippen LogP contribution in [0.25, 0.3) is 0 Å². The maximum atomic E-state index is 10.9. The van der Waals surface area contributed by atoms with Crippen LogP contribution in [0.3, 0.4) is 0 Å². The Labute approximate surface area is 125 Å². The van der Waals surface area contributed by atoms with Gasteiger partial charge in [0.05, 0.1) is 16.1 Å². The van der Waals surface area contributed by atoms with Crippen LogP contribution in [0.2, 0.25) is 0 Å². The fourth-order valence-corrected chi connectivity index (χ4v) is 2.50. The molecule has 0 spiro atoms. The van der Waals surface area contributed by atoms with Gasteiger partial charge >= 0.3 is 0 Å². The number of nitrogens with one attached hydrogen (secondary N) is 1. The number of aromatic nitrogens is 1. The zero-order valence-electron chi connectivity index (χ0n) is 11.3. The number of nitro benzene ring substituents is 1. The van der Waals surface area contributed by atoms with Crippen molar-refractivity contribution in [3.05, 3.63) is 50.5 Å². The fourth-order valence-electron chi connectivity index (χ4n) is 1.96. The minimum Gasteiger partial charge on any atom is -0.487 e. The molecule has 6 nitrogen and oxygen atoms in total. The molecule has 0 saturated heterocycles. The Hall–Kier alpha value is -1.99. The van der Waals surface area contributed by atoms with Crippen LogP contribution in [0.1, 0.15) is 24.1 Å². The van der Waals surface area contributed by atoms with Crippen molar-refractivity contribution in [1.29, 1.82) is 0 Å². The van der Waals surface area contributed by atoms with E-state index in [-0.39, 0.29) is 10.6 Å². The van der Waals surface area contributed by atoms with E-state index in [1.54, 1.807) is 17.6 Å². The molecule has 1 heterocycles. The summed E-state index contributed by atoms with van der Waals surface area (Å²) in [7, 11) is 0. The number of rotatable bonds is 7.